The minimum absolute atomic E-state index is 0.0671. The lowest BCUT2D eigenvalue weighted by Gasteiger charge is -2.16. The fourth-order valence-corrected chi connectivity index (χ4v) is 1.87. The Balaban J connectivity index is 2.79. The zero-order valence-corrected chi connectivity index (χ0v) is 11.9. The largest absolute Gasteiger partial charge is 0.493 e. The predicted molar refractivity (Wildman–Crippen MR) is 75.2 cm³/mol. The highest BCUT2D eigenvalue weighted by molar-refractivity contribution is 5.43. The first kappa shape index (κ1) is 14.8. The third kappa shape index (κ3) is 4.22. The summed E-state index contributed by atoms with van der Waals surface area (Å²) in [5.74, 6) is 2.22. The summed E-state index contributed by atoms with van der Waals surface area (Å²) in [6.45, 7) is 7.02. The van der Waals surface area contributed by atoms with E-state index in [1.165, 1.54) is 0 Å². The van der Waals surface area contributed by atoms with Crippen LogP contribution in [-0.2, 0) is 0 Å². The van der Waals surface area contributed by atoms with Gasteiger partial charge in [-0.2, -0.15) is 0 Å². The summed E-state index contributed by atoms with van der Waals surface area (Å²) >= 11 is 0. The first-order valence-electron chi connectivity index (χ1n) is 6.64. The summed E-state index contributed by atoms with van der Waals surface area (Å²) in [7, 11) is 1.65. The maximum atomic E-state index is 6.20. The van der Waals surface area contributed by atoms with E-state index in [-0.39, 0.29) is 6.04 Å². The van der Waals surface area contributed by atoms with E-state index in [9.17, 15) is 0 Å². The van der Waals surface area contributed by atoms with Crippen LogP contribution < -0.4 is 15.2 Å². The summed E-state index contributed by atoms with van der Waals surface area (Å²) in [6.07, 6.45) is 2.13. The Morgan fingerprint density at radius 1 is 1.17 bits per heavy atom. The monoisotopic (exact) mass is 251 g/mol. The minimum Gasteiger partial charge on any atom is -0.493 e. The van der Waals surface area contributed by atoms with E-state index in [2.05, 4.69) is 13.8 Å². The van der Waals surface area contributed by atoms with E-state index in [0.29, 0.717) is 12.5 Å². The highest BCUT2D eigenvalue weighted by Gasteiger charge is 2.11. The van der Waals surface area contributed by atoms with E-state index < -0.39 is 0 Å². The van der Waals surface area contributed by atoms with Gasteiger partial charge in [0.1, 0.15) is 0 Å². The Morgan fingerprint density at radius 2 is 1.89 bits per heavy atom. The van der Waals surface area contributed by atoms with E-state index >= 15 is 0 Å². The molecule has 0 unspecified atom stereocenters. The van der Waals surface area contributed by atoms with Gasteiger partial charge in [-0.05, 0) is 43.4 Å². The van der Waals surface area contributed by atoms with Crippen LogP contribution in [0.5, 0.6) is 11.5 Å². The molecule has 0 bridgehead atoms. The van der Waals surface area contributed by atoms with Crippen molar-refractivity contribution in [3.63, 3.8) is 0 Å². The van der Waals surface area contributed by atoms with Gasteiger partial charge in [-0.1, -0.05) is 19.9 Å². The first-order valence-corrected chi connectivity index (χ1v) is 6.64. The van der Waals surface area contributed by atoms with Crippen molar-refractivity contribution in [3.05, 3.63) is 23.8 Å². The van der Waals surface area contributed by atoms with Gasteiger partial charge in [0.25, 0.3) is 0 Å². The molecule has 0 saturated carbocycles. The van der Waals surface area contributed by atoms with Crippen LogP contribution in [0.3, 0.4) is 0 Å². The van der Waals surface area contributed by atoms with Gasteiger partial charge in [0, 0.05) is 6.04 Å². The van der Waals surface area contributed by atoms with Gasteiger partial charge < -0.3 is 15.2 Å². The molecule has 0 amide bonds. The topological polar surface area (TPSA) is 44.5 Å². The molecule has 0 saturated heterocycles. The number of ether oxygens (including phenoxy) is 2. The molecule has 2 N–H and O–H groups in total. The van der Waals surface area contributed by atoms with E-state index in [1.54, 1.807) is 7.11 Å². The van der Waals surface area contributed by atoms with Crippen molar-refractivity contribution in [3.8, 4) is 11.5 Å². The molecule has 3 heteroatoms. The van der Waals surface area contributed by atoms with Crippen LogP contribution in [-0.4, -0.2) is 13.7 Å². The molecule has 0 aromatic heterocycles. The zero-order chi connectivity index (χ0) is 13.5. The Bertz CT molecular complexity index is 364. The predicted octanol–water partition coefficient (Wildman–Crippen LogP) is 3.53. The second-order valence-electron chi connectivity index (χ2n) is 4.92. The van der Waals surface area contributed by atoms with Gasteiger partial charge in [-0.15, -0.1) is 0 Å². The fraction of sp³-hybridized carbons (Fsp3) is 0.600. The lowest BCUT2D eigenvalue weighted by Crippen LogP contribution is -2.11. The second kappa shape index (κ2) is 7.27. The molecule has 102 valence electrons. The van der Waals surface area contributed by atoms with Gasteiger partial charge >= 0.3 is 0 Å². The Labute approximate surface area is 110 Å². The molecule has 1 aromatic rings. The molecule has 0 fully saturated rings. The lowest BCUT2D eigenvalue weighted by molar-refractivity contribution is 0.310. The molecule has 18 heavy (non-hydrogen) atoms. The number of benzene rings is 1. The van der Waals surface area contributed by atoms with Crippen LogP contribution in [0.2, 0.25) is 0 Å². The average Bonchev–Trinajstić information content (AvgIpc) is 2.36. The SMILES string of the molecule is CCOc1cc([C@@H](N)CCC(C)C)ccc1OC. The van der Waals surface area contributed by atoms with E-state index in [1.807, 2.05) is 25.1 Å². The van der Waals surface area contributed by atoms with Crippen molar-refractivity contribution in [2.75, 3.05) is 13.7 Å². The van der Waals surface area contributed by atoms with Gasteiger partial charge in [0.2, 0.25) is 0 Å². The molecule has 1 rings (SSSR count). The van der Waals surface area contributed by atoms with Gasteiger partial charge in [0.05, 0.1) is 13.7 Å². The standard InChI is InChI=1S/C15H25NO2/c1-5-18-15-10-12(7-9-14(15)17-4)13(16)8-6-11(2)3/h7,9-11,13H,5-6,8,16H2,1-4H3/t13-/m0/s1. The summed E-state index contributed by atoms with van der Waals surface area (Å²) < 4.78 is 10.8. The summed E-state index contributed by atoms with van der Waals surface area (Å²) in [5, 5.41) is 0. The van der Waals surface area contributed by atoms with Crippen LogP contribution in [0.1, 0.15) is 45.2 Å². The Hall–Kier alpha value is -1.22. The van der Waals surface area contributed by atoms with Crippen LogP contribution in [0.15, 0.2) is 18.2 Å². The minimum atomic E-state index is 0.0671. The van der Waals surface area contributed by atoms with Crippen LogP contribution in [0, 0.1) is 5.92 Å². The molecule has 0 aliphatic rings. The number of rotatable bonds is 7. The molecule has 0 spiro atoms. The molecule has 0 aliphatic heterocycles. The fourth-order valence-electron chi connectivity index (χ4n) is 1.87. The average molecular weight is 251 g/mol. The third-order valence-electron chi connectivity index (χ3n) is 2.97. The summed E-state index contributed by atoms with van der Waals surface area (Å²) in [6, 6.07) is 6.01. The number of hydrogen-bond donors (Lipinski definition) is 1. The molecular weight excluding hydrogens is 226 g/mol. The van der Waals surface area contributed by atoms with Crippen molar-refractivity contribution in [2.24, 2.45) is 11.7 Å². The van der Waals surface area contributed by atoms with Crippen molar-refractivity contribution >= 4 is 0 Å². The molecule has 0 radical (unpaired) electrons. The molecular formula is C15H25NO2. The lowest BCUT2D eigenvalue weighted by atomic mass is 9.98. The smallest absolute Gasteiger partial charge is 0.161 e. The summed E-state index contributed by atoms with van der Waals surface area (Å²) in [5.41, 5.74) is 7.31. The number of hydrogen-bond acceptors (Lipinski definition) is 3. The maximum Gasteiger partial charge on any atom is 0.161 e. The van der Waals surface area contributed by atoms with E-state index in [4.69, 9.17) is 15.2 Å². The molecule has 3 nitrogen and oxygen atoms in total. The quantitative estimate of drug-likeness (QED) is 0.806. The van der Waals surface area contributed by atoms with Gasteiger partial charge in [-0.3, -0.25) is 0 Å². The van der Waals surface area contributed by atoms with Crippen molar-refractivity contribution in [2.45, 2.75) is 39.7 Å². The number of methoxy groups -OCH3 is 1. The van der Waals surface area contributed by atoms with Crippen LogP contribution >= 0.6 is 0 Å². The van der Waals surface area contributed by atoms with Crippen molar-refractivity contribution in [1.82, 2.24) is 0 Å². The molecule has 1 aromatic carbocycles. The van der Waals surface area contributed by atoms with Gasteiger partial charge in [-0.25, -0.2) is 0 Å². The van der Waals surface area contributed by atoms with Crippen molar-refractivity contribution < 1.29 is 9.47 Å². The van der Waals surface area contributed by atoms with Gasteiger partial charge in [0.15, 0.2) is 11.5 Å². The van der Waals surface area contributed by atoms with Crippen molar-refractivity contribution in [1.29, 1.82) is 0 Å². The molecule has 0 aliphatic carbocycles. The molecule has 1 atom stereocenters. The summed E-state index contributed by atoms with van der Waals surface area (Å²) in [4.78, 5) is 0. The van der Waals surface area contributed by atoms with Crippen LogP contribution in [0.4, 0.5) is 0 Å². The maximum absolute atomic E-state index is 6.20. The number of nitrogens with two attached hydrogens (primary N) is 1. The normalized spacial score (nSPS) is 12.6. The zero-order valence-electron chi connectivity index (χ0n) is 11.9. The molecule has 0 heterocycles. The van der Waals surface area contributed by atoms with E-state index in [0.717, 1.165) is 29.9 Å². The second-order valence-corrected chi connectivity index (χ2v) is 4.92. The first-order chi connectivity index (χ1) is 8.58. The third-order valence-corrected chi connectivity index (χ3v) is 2.97. The van der Waals surface area contributed by atoms with Crippen LogP contribution in [0.25, 0.3) is 0 Å². The Kier molecular flexibility index (Phi) is 5.99. The highest BCUT2D eigenvalue weighted by Crippen LogP contribution is 2.31. The Morgan fingerprint density at radius 3 is 2.44 bits per heavy atom. The highest BCUT2D eigenvalue weighted by atomic mass is 16.5.